The molecular formula is C35H42O20. The van der Waals surface area contributed by atoms with Crippen LogP contribution in [0.2, 0.25) is 0 Å². The minimum Gasteiger partial charge on any atom is -0.508 e. The summed E-state index contributed by atoms with van der Waals surface area (Å²) in [7, 11) is 0. The number of hydrogen-bond acceptors (Lipinski definition) is 20. The van der Waals surface area contributed by atoms with Crippen molar-refractivity contribution in [3.05, 3.63) is 46.6 Å². The summed E-state index contributed by atoms with van der Waals surface area (Å²) >= 11 is 0. The molecule has 3 fully saturated rings. The fourth-order valence-electron chi connectivity index (χ4n) is 6.56. The van der Waals surface area contributed by atoms with Gasteiger partial charge in [-0.25, -0.2) is 0 Å². The van der Waals surface area contributed by atoms with Gasteiger partial charge < -0.3 is 88.6 Å². The number of aliphatic hydroxyl groups excluding tert-OH is 7. The molecule has 15 atom stereocenters. The van der Waals surface area contributed by atoms with Crippen LogP contribution in [0.25, 0.3) is 22.3 Å². The first-order chi connectivity index (χ1) is 26.0. The maximum Gasteiger partial charge on any atom is 0.303 e. The maximum absolute atomic E-state index is 13.8. The van der Waals surface area contributed by atoms with E-state index < -0.39 is 133 Å². The van der Waals surface area contributed by atoms with Crippen molar-refractivity contribution >= 4 is 16.9 Å². The summed E-state index contributed by atoms with van der Waals surface area (Å²) in [5, 5.41) is 104. The molecule has 2 aromatic carbocycles. The summed E-state index contributed by atoms with van der Waals surface area (Å²) < 4.78 is 45.5. The number of hydrogen-bond donors (Lipinski definition) is 10. The minimum atomic E-state index is -2.00. The molecule has 0 spiro atoms. The molecule has 0 bridgehead atoms. The van der Waals surface area contributed by atoms with Crippen LogP contribution in [-0.4, -0.2) is 156 Å². The summed E-state index contributed by atoms with van der Waals surface area (Å²) in [4.78, 5) is 25.8. The lowest BCUT2D eigenvalue weighted by Crippen LogP contribution is -2.64. The van der Waals surface area contributed by atoms with Crippen molar-refractivity contribution in [1.29, 1.82) is 0 Å². The highest BCUT2D eigenvalue weighted by Crippen LogP contribution is 2.38. The Bertz CT molecular complexity index is 1880. The van der Waals surface area contributed by atoms with E-state index in [4.69, 9.17) is 37.6 Å². The molecule has 10 N–H and O–H groups in total. The van der Waals surface area contributed by atoms with Gasteiger partial charge in [-0.2, -0.15) is 0 Å². The third-order valence-corrected chi connectivity index (χ3v) is 9.53. The molecule has 20 nitrogen and oxygen atoms in total. The number of carbonyl (C=O) groups is 1. The van der Waals surface area contributed by atoms with E-state index in [0.717, 1.165) is 19.1 Å². The molecule has 0 amide bonds. The normalized spacial score (nSPS) is 36.7. The van der Waals surface area contributed by atoms with Crippen LogP contribution >= 0.6 is 0 Å². The van der Waals surface area contributed by atoms with Crippen molar-refractivity contribution in [3.8, 4) is 34.3 Å². The lowest BCUT2D eigenvalue weighted by atomic mass is 9.97. The fourth-order valence-corrected chi connectivity index (χ4v) is 6.56. The first-order valence-corrected chi connectivity index (χ1v) is 17.1. The molecule has 6 rings (SSSR count). The van der Waals surface area contributed by atoms with Gasteiger partial charge in [-0.1, -0.05) is 0 Å². The van der Waals surface area contributed by atoms with Gasteiger partial charge in [0.05, 0.1) is 18.8 Å². The SMILES string of the molecule is CC(=O)O[C@H]1[C@@H](O)[C@H](OC[C@@H]2O[C@@H](Oc3c(-c4ccc(O)cc4)oc4cc(O)cc(O)c4c3=O)[C@H](O)[C@H](O)[C@H]2O)O[C@H](C)[C@@H]1O[C@@H]1O[C@@H](C)[C@H](O)[C@H](O)[C@H]1O. The second kappa shape index (κ2) is 16.1. The van der Waals surface area contributed by atoms with Crippen LogP contribution in [0.1, 0.15) is 20.8 Å². The third-order valence-electron chi connectivity index (χ3n) is 9.53. The van der Waals surface area contributed by atoms with Gasteiger partial charge >= 0.3 is 5.97 Å². The first kappa shape index (κ1) is 40.5. The van der Waals surface area contributed by atoms with Crippen LogP contribution in [0.5, 0.6) is 23.0 Å². The molecule has 0 unspecified atom stereocenters. The van der Waals surface area contributed by atoms with Gasteiger partial charge in [0.15, 0.2) is 24.4 Å². The molecule has 302 valence electrons. The zero-order valence-corrected chi connectivity index (χ0v) is 29.4. The average molecular weight is 783 g/mol. The van der Waals surface area contributed by atoms with Crippen molar-refractivity contribution in [2.75, 3.05) is 6.61 Å². The number of phenolic OH excluding ortho intramolecular Hbond substituents is 3. The number of phenols is 3. The van der Waals surface area contributed by atoms with Crippen LogP contribution in [0.15, 0.2) is 45.6 Å². The quantitative estimate of drug-likeness (QED) is 0.105. The van der Waals surface area contributed by atoms with E-state index in [9.17, 15) is 60.7 Å². The van der Waals surface area contributed by atoms with E-state index in [0.29, 0.717) is 0 Å². The van der Waals surface area contributed by atoms with Crippen molar-refractivity contribution < 1.29 is 93.4 Å². The minimum absolute atomic E-state index is 0.133. The molecule has 0 aliphatic carbocycles. The highest BCUT2D eigenvalue weighted by Gasteiger charge is 2.52. The standard InChI is InChI=1S/C35H42O20/c1-11-21(40)24(43)26(45)34(49-11)54-29-12(2)50-33(28(47)32(29)51-13(3)36)48-10-19-22(41)25(44)27(46)35(53-19)55-31-23(42)20-17(39)8-16(38)9-18(20)52-30(31)14-4-6-15(37)7-5-14/h4-9,11-12,19,21-22,24-29,32-35,37-41,43-47H,10H2,1-3H3/t11-,12+,19-,21-,22-,24-,25+,26+,27+,28+,29-,32-,33+,34-,35-/m0/s1. The molecule has 0 saturated carbocycles. The second-order valence-corrected chi connectivity index (χ2v) is 13.5. The second-order valence-electron chi connectivity index (χ2n) is 13.5. The van der Waals surface area contributed by atoms with E-state index >= 15 is 0 Å². The monoisotopic (exact) mass is 782 g/mol. The predicted octanol–water partition coefficient (Wildman–Crippen LogP) is -1.97. The largest absolute Gasteiger partial charge is 0.508 e. The summed E-state index contributed by atoms with van der Waals surface area (Å²) in [6.45, 7) is 3.25. The molecule has 4 heterocycles. The Hall–Kier alpha value is -4.16. The first-order valence-electron chi connectivity index (χ1n) is 17.1. The molecule has 1 aromatic heterocycles. The number of aromatic hydroxyl groups is 3. The Morgan fingerprint density at radius 2 is 1.35 bits per heavy atom. The van der Waals surface area contributed by atoms with E-state index in [1.807, 2.05) is 0 Å². The summed E-state index contributed by atoms with van der Waals surface area (Å²) in [6, 6.07) is 7.21. The molecule has 3 saturated heterocycles. The Balaban J connectivity index is 1.22. The Labute approximate surface area is 310 Å². The number of benzene rings is 2. The van der Waals surface area contributed by atoms with Crippen LogP contribution in [-0.2, 0) is 33.2 Å². The average Bonchev–Trinajstić information content (AvgIpc) is 3.13. The highest BCUT2D eigenvalue weighted by molar-refractivity contribution is 5.88. The number of ether oxygens (including phenoxy) is 7. The zero-order valence-electron chi connectivity index (χ0n) is 29.4. The molecule has 3 aliphatic heterocycles. The van der Waals surface area contributed by atoms with E-state index in [-0.39, 0.29) is 22.7 Å². The van der Waals surface area contributed by atoms with Gasteiger partial charge in [-0.3, -0.25) is 9.59 Å². The molecule has 3 aliphatic rings. The van der Waals surface area contributed by atoms with Crippen molar-refractivity contribution in [2.45, 2.75) is 113 Å². The third kappa shape index (κ3) is 8.08. The van der Waals surface area contributed by atoms with Gasteiger partial charge in [0.1, 0.15) is 83.2 Å². The molecule has 0 radical (unpaired) electrons. The van der Waals surface area contributed by atoms with Gasteiger partial charge in [-0.15, -0.1) is 0 Å². The number of rotatable bonds is 9. The van der Waals surface area contributed by atoms with Crippen LogP contribution < -0.4 is 10.2 Å². The van der Waals surface area contributed by atoms with Crippen molar-refractivity contribution in [3.63, 3.8) is 0 Å². The molecule has 20 heteroatoms. The number of carbonyl (C=O) groups excluding carboxylic acids is 1. The Morgan fingerprint density at radius 3 is 2.02 bits per heavy atom. The van der Waals surface area contributed by atoms with Gasteiger partial charge in [0.2, 0.25) is 17.5 Å². The Morgan fingerprint density at radius 1 is 0.709 bits per heavy atom. The van der Waals surface area contributed by atoms with Crippen molar-refractivity contribution in [2.24, 2.45) is 0 Å². The molecular weight excluding hydrogens is 740 g/mol. The van der Waals surface area contributed by atoms with E-state index in [1.54, 1.807) is 0 Å². The van der Waals surface area contributed by atoms with Crippen LogP contribution in [0, 0.1) is 0 Å². The summed E-state index contributed by atoms with van der Waals surface area (Å²) in [5.41, 5.74) is -1.08. The smallest absolute Gasteiger partial charge is 0.303 e. The molecule has 3 aromatic rings. The summed E-state index contributed by atoms with van der Waals surface area (Å²) in [6.07, 6.45) is -23.9. The number of fused-ring (bicyclic) bond motifs is 1. The number of aliphatic hydroxyl groups is 7. The number of esters is 1. The van der Waals surface area contributed by atoms with Crippen LogP contribution in [0.4, 0.5) is 0 Å². The van der Waals surface area contributed by atoms with E-state index in [1.165, 1.54) is 38.1 Å². The molecule has 55 heavy (non-hydrogen) atoms. The highest BCUT2D eigenvalue weighted by atomic mass is 16.8. The maximum atomic E-state index is 13.8. The van der Waals surface area contributed by atoms with Gasteiger partial charge in [0.25, 0.3) is 0 Å². The van der Waals surface area contributed by atoms with Gasteiger partial charge in [0, 0.05) is 24.6 Å². The lowest BCUT2D eigenvalue weighted by Gasteiger charge is -2.46. The van der Waals surface area contributed by atoms with E-state index in [2.05, 4.69) is 0 Å². The Kier molecular flexibility index (Phi) is 11.9. The lowest BCUT2D eigenvalue weighted by molar-refractivity contribution is -0.357. The van der Waals surface area contributed by atoms with Gasteiger partial charge in [-0.05, 0) is 38.1 Å². The van der Waals surface area contributed by atoms with Crippen LogP contribution in [0.3, 0.4) is 0 Å². The fraction of sp³-hybridized carbons (Fsp3) is 0.543. The van der Waals surface area contributed by atoms with Crippen molar-refractivity contribution in [1.82, 2.24) is 0 Å². The predicted molar refractivity (Wildman–Crippen MR) is 179 cm³/mol. The zero-order chi connectivity index (χ0) is 40.0. The topological polar surface area (TPSA) is 314 Å². The summed E-state index contributed by atoms with van der Waals surface area (Å²) in [5.74, 6) is -3.01.